The third-order valence-corrected chi connectivity index (χ3v) is 6.59. The predicted molar refractivity (Wildman–Crippen MR) is 136 cm³/mol. The molecule has 1 heterocycles. The van der Waals surface area contributed by atoms with E-state index in [2.05, 4.69) is 5.32 Å². The fraction of sp³-hybridized carbons (Fsp3) is 0.556. The van der Waals surface area contributed by atoms with Gasteiger partial charge >= 0.3 is 0 Å². The summed E-state index contributed by atoms with van der Waals surface area (Å²) in [6.07, 6.45) is 0.153. The minimum atomic E-state index is -1.31. The van der Waals surface area contributed by atoms with Crippen LogP contribution in [0.3, 0.4) is 0 Å². The summed E-state index contributed by atoms with van der Waals surface area (Å²) in [5.41, 5.74) is 0.960. The zero-order valence-electron chi connectivity index (χ0n) is 22.1. The van der Waals surface area contributed by atoms with Crippen LogP contribution >= 0.6 is 0 Å². The second-order valence-corrected chi connectivity index (χ2v) is 9.45. The molecule has 1 aromatic rings. The number of amides is 2. The van der Waals surface area contributed by atoms with Gasteiger partial charge in [-0.05, 0) is 38.5 Å². The maximum Gasteiger partial charge on any atom is 0.290 e. The average Bonchev–Trinajstić information content (AvgIpc) is 3.31. The summed E-state index contributed by atoms with van der Waals surface area (Å²) in [5, 5.41) is 23.4. The number of Topliss-reactive ketones (excluding diaryl/α,β-unsaturated/α-hetero) is 1. The van der Waals surface area contributed by atoms with Gasteiger partial charge in [0.15, 0.2) is 11.5 Å². The Balaban J connectivity index is 2.08. The van der Waals surface area contributed by atoms with Crippen LogP contribution < -0.4 is 14.8 Å². The number of ether oxygens (including phenoxy) is 3. The number of carbonyl (C=O) groups excluding carboxylic acids is 4. The van der Waals surface area contributed by atoms with Gasteiger partial charge < -0.3 is 34.6 Å². The summed E-state index contributed by atoms with van der Waals surface area (Å²) >= 11 is 0. The zero-order chi connectivity index (χ0) is 28.0. The first-order valence-corrected chi connectivity index (χ1v) is 12.8. The topological polar surface area (TPSA) is 152 Å². The van der Waals surface area contributed by atoms with Gasteiger partial charge in [0.05, 0.1) is 31.8 Å². The van der Waals surface area contributed by atoms with Gasteiger partial charge in [0.2, 0.25) is 11.7 Å². The van der Waals surface area contributed by atoms with E-state index in [4.69, 9.17) is 14.2 Å². The Kier molecular flexibility index (Phi) is 10.0. The molecule has 0 aromatic heterocycles. The van der Waals surface area contributed by atoms with E-state index in [1.165, 1.54) is 24.2 Å². The van der Waals surface area contributed by atoms with Crippen LogP contribution in [0.2, 0.25) is 0 Å². The van der Waals surface area contributed by atoms with Crippen LogP contribution in [0.15, 0.2) is 23.8 Å². The van der Waals surface area contributed by atoms with Crippen molar-refractivity contribution in [2.24, 2.45) is 0 Å². The predicted octanol–water partition coefficient (Wildman–Crippen LogP) is 0.753. The van der Waals surface area contributed by atoms with E-state index in [9.17, 15) is 29.4 Å². The number of aliphatic hydroxyl groups is 2. The lowest BCUT2D eigenvalue weighted by Gasteiger charge is -2.40. The van der Waals surface area contributed by atoms with E-state index in [1.54, 1.807) is 13.0 Å². The highest BCUT2D eigenvalue weighted by atomic mass is 16.5. The Morgan fingerprint density at radius 3 is 2.61 bits per heavy atom. The van der Waals surface area contributed by atoms with Gasteiger partial charge in [-0.2, -0.15) is 0 Å². The number of aldehydes is 1. The molecule has 0 saturated heterocycles. The standard InChI is InChI=1S/C27H36N2O9/c1-5-20(32)27(35)29(8-6-10-37-15(2)3)19-13-18(26(34)28-7-9-30)22-17-11-16(14-31)12-21(36-4)24(17)38-25(22)23(19)33/h11-15,19,22-23,25,30,33H,5-10H2,1-4H3,(H,28,34)/t19-,22+,23+,25+/m1/s1. The summed E-state index contributed by atoms with van der Waals surface area (Å²) in [7, 11) is 1.41. The molecule has 0 unspecified atom stereocenters. The second-order valence-electron chi connectivity index (χ2n) is 9.45. The molecule has 11 nitrogen and oxygen atoms in total. The Bertz CT molecular complexity index is 1080. The SMILES string of the molecule is CCC(=O)C(=O)N(CCCOC(C)C)[C@@H]1C=C(C(=O)NCCO)[C@@H]2c3cc(C=O)cc(OC)c3O[C@@H]2[C@H]1O. The Morgan fingerprint density at radius 1 is 1.26 bits per heavy atom. The monoisotopic (exact) mass is 532 g/mol. The van der Waals surface area contributed by atoms with Crippen molar-refractivity contribution in [3.05, 3.63) is 34.9 Å². The van der Waals surface area contributed by atoms with Crippen molar-refractivity contribution in [3.8, 4) is 11.5 Å². The molecule has 2 aliphatic rings. The number of ketones is 1. The quantitative estimate of drug-likeness (QED) is 0.190. The number of carbonyl (C=O) groups is 4. The molecule has 0 radical (unpaired) electrons. The summed E-state index contributed by atoms with van der Waals surface area (Å²) in [6, 6.07) is 2.01. The average molecular weight is 533 g/mol. The number of nitrogens with one attached hydrogen (secondary N) is 1. The molecule has 0 bridgehead atoms. The van der Waals surface area contributed by atoms with Gasteiger partial charge in [0.25, 0.3) is 5.91 Å². The van der Waals surface area contributed by atoms with Crippen molar-refractivity contribution in [1.82, 2.24) is 10.2 Å². The van der Waals surface area contributed by atoms with Crippen molar-refractivity contribution in [2.75, 3.05) is 33.4 Å². The van der Waals surface area contributed by atoms with Crippen molar-refractivity contribution in [2.45, 2.75) is 63.9 Å². The minimum Gasteiger partial charge on any atom is -0.493 e. The lowest BCUT2D eigenvalue weighted by Crippen LogP contribution is -2.57. The molecule has 208 valence electrons. The van der Waals surface area contributed by atoms with E-state index < -0.39 is 41.8 Å². The van der Waals surface area contributed by atoms with Gasteiger partial charge in [0, 0.05) is 42.8 Å². The molecule has 1 aliphatic carbocycles. The summed E-state index contributed by atoms with van der Waals surface area (Å²) < 4.78 is 17.1. The molecule has 11 heteroatoms. The number of hydrogen-bond acceptors (Lipinski definition) is 9. The third-order valence-electron chi connectivity index (χ3n) is 6.59. The van der Waals surface area contributed by atoms with Crippen LogP contribution in [0.4, 0.5) is 0 Å². The van der Waals surface area contributed by atoms with Crippen LogP contribution in [0.25, 0.3) is 0 Å². The number of fused-ring (bicyclic) bond motifs is 3. The van der Waals surface area contributed by atoms with Gasteiger partial charge in [-0.3, -0.25) is 19.2 Å². The van der Waals surface area contributed by atoms with E-state index in [0.717, 1.165) is 0 Å². The Labute approximate surface area is 221 Å². The molecule has 1 aromatic carbocycles. The zero-order valence-corrected chi connectivity index (χ0v) is 22.1. The van der Waals surface area contributed by atoms with Crippen LogP contribution in [0.1, 0.15) is 55.5 Å². The molecule has 0 saturated carbocycles. The maximum atomic E-state index is 13.3. The number of rotatable bonds is 13. The van der Waals surface area contributed by atoms with Crippen LogP contribution in [0.5, 0.6) is 11.5 Å². The summed E-state index contributed by atoms with van der Waals surface area (Å²) in [5.74, 6) is -2.18. The van der Waals surface area contributed by atoms with Crippen molar-refractivity contribution in [3.63, 3.8) is 0 Å². The molecule has 3 N–H and O–H groups in total. The highest BCUT2D eigenvalue weighted by Crippen LogP contribution is 2.51. The number of aliphatic hydroxyl groups excluding tert-OH is 2. The number of methoxy groups -OCH3 is 1. The molecular formula is C27H36N2O9. The Morgan fingerprint density at radius 2 is 2.00 bits per heavy atom. The van der Waals surface area contributed by atoms with E-state index in [-0.39, 0.29) is 49.3 Å². The number of hydrogen-bond donors (Lipinski definition) is 3. The van der Waals surface area contributed by atoms with Crippen LogP contribution in [0, 0.1) is 0 Å². The molecule has 38 heavy (non-hydrogen) atoms. The molecular weight excluding hydrogens is 496 g/mol. The highest BCUT2D eigenvalue weighted by molar-refractivity contribution is 6.36. The molecule has 2 amide bonds. The highest BCUT2D eigenvalue weighted by Gasteiger charge is 2.51. The third kappa shape index (κ3) is 6.06. The lowest BCUT2D eigenvalue weighted by molar-refractivity contribution is -0.148. The van der Waals surface area contributed by atoms with Gasteiger partial charge in [0.1, 0.15) is 18.5 Å². The smallest absolute Gasteiger partial charge is 0.290 e. The van der Waals surface area contributed by atoms with E-state index in [1.807, 2.05) is 13.8 Å². The van der Waals surface area contributed by atoms with E-state index in [0.29, 0.717) is 30.4 Å². The summed E-state index contributed by atoms with van der Waals surface area (Å²) in [4.78, 5) is 51.7. The molecule has 0 spiro atoms. The van der Waals surface area contributed by atoms with Crippen LogP contribution in [-0.4, -0.2) is 96.8 Å². The molecule has 3 rings (SSSR count). The Hall–Kier alpha value is -3.28. The van der Waals surface area contributed by atoms with Crippen molar-refractivity contribution < 1.29 is 43.6 Å². The fourth-order valence-electron chi connectivity index (χ4n) is 4.81. The van der Waals surface area contributed by atoms with Gasteiger partial charge in [-0.1, -0.05) is 6.92 Å². The first-order valence-electron chi connectivity index (χ1n) is 12.8. The van der Waals surface area contributed by atoms with Crippen molar-refractivity contribution in [1.29, 1.82) is 0 Å². The normalized spacial score (nSPS) is 21.6. The fourth-order valence-corrected chi connectivity index (χ4v) is 4.81. The van der Waals surface area contributed by atoms with E-state index >= 15 is 0 Å². The van der Waals surface area contributed by atoms with Crippen molar-refractivity contribution >= 4 is 23.9 Å². The van der Waals surface area contributed by atoms with Gasteiger partial charge in [-0.25, -0.2) is 0 Å². The second kappa shape index (κ2) is 13.0. The maximum absolute atomic E-state index is 13.3. The lowest BCUT2D eigenvalue weighted by atomic mass is 9.77. The number of nitrogens with zero attached hydrogens (tertiary/aromatic N) is 1. The largest absolute Gasteiger partial charge is 0.493 e. The summed E-state index contributed by atoms with van der Waals surface area (Å²) in [6.45, 7) is 5.46. The minimum absolute atomic E-state index is 0.0178. The first-order chi connectivity index (χ1) is 18.2. The molecule has 0 fully saturated rings. The molecule has 1 aliphatic heterocycles. The molecule has 4 atom stereocenters. The van der Waals surface area contributed by atoms with Gasteiger partial charge in [-0.15, -0.1) is 0 Å². The first kappa shape index (κ1) is 29.3. The van der Waals surface area contributed by atoms with Crippen LogP contribution in [-0.2, 0) is 19.1 Å². The number of benzene rings is 1.